The number of nitrogens with one attached hydrogen (secondary N) is 1. The molecule has 0 fully saturated rings. The number of halogens is 1. The Bertz CT molecular complexity index is 379. The summed E-state index contributed by atoms with van der Waals surface area (Å²) in [6, 6.07) is 3.56. The minimum absolute atomic E-state index is 0.161. The molecule has 100 valence electrons. The van der Waals surface area contributed by atoms with Crippen molar-refractivity contribution in [3.8, 4) is 0 Å². The van der Waals surface area contributed by atoms with E-state index in [9.17, 15) is 4.79 Å². The Labute approximate surface area is 116 Å². The number of aliphatic hydroxyl groups is 1. The second-order valence-corrected chi connectivity index (χ2v) is 5.07. The van der Waals surface area contributed by atoms with Crippen LogP contribution in [-0.4, -0.2) is 29.1 Å². The van der Waals surface area contributed by atoms with E-state index in [2.05, 4.69) is 33.2 Å². The maximum Gasteiger partial charge on any atom is 0.271 e. The van der Waals surface area contributed by atoms with E-state index in [4.69, 9.17) is 5.11 Å². The summed E-state index contributed by atoms with van der Waals surface area (Å²) >= 11 is 3.30. The molecule has 1 heterocycles. The average molecular weight is 315 g/mol. The first kappa shape index (κ1) is 15.1. The summed E-state index contributed by atoms with van der Waals surface area (Å²) in [7, 11) is 0. The molecule has 1 amide bonds. The van der Waals surface area contributed by atoms with Gasteiger partial charge in [-0.1, -0.05) is 13.3 Å². The molecule has 1 aromatic rings. The molecule has 1 aromatic heterocycles. The van der Waals surface area contributed by atoms with Crippen molar-refractivity contribution in [1.82, 2.24) is 10.3 Å². The van der Waals surface area contributed by atoms with E-state index in [0.29, 0.717) is 22.6 Å². The molecular formula is C13H19BrN2O2. The number of aromatic nitrogens is 1. The van der Waals surface area contributed by atoms with Gasteiger partial charge < -0.3 is 10.4 Å². The van der Waals surface area contributed by atoms with Gasteiger partial charge in [0, 0.05) is 23.8 Å². The van der Waals surface area contributed by atoms with Crippen molar-refractivity contribution < 1.29 is 9.90 Å². The Kier molecular flexibility index (Phi) is 6.90. The highest BCUT2D eigenvalue weighted by Crippen LogP contribution is 2.14. The third kappa shape index (κ3) is 4.74. The Morgan fingerprint density at radius 2 is 2.33 bits per heavy atom. The molecule has 18 heavy (non-hydrogen) atoms. The molecule has 4 nitrogen and oxygen atoms in total. The van der Waals surface area contributed by atoms with Gasteiger partial charge in [0.2, 0.25) is 0 Å². The molecule has 0 radical (unpaired) electrons. The van der Waals surface area contributed by atoms with Gasteiger partial charge in [0.15, 0.2) is 0 Å². The van der Waals surface area contributed by atoms with Gasteiger partial charge in [0.25, 0.3) is 5.91 Å². The van der Waals surface area contributed by atoms with Crippen molar-refractivity contribution >= 4 is 21.8 Å². The molecule has 1 atom stereocenters. The fourth-order valence-electron chi connectivity index (χ4n) is 1.81. The van der Waals surface area contributed by atoms with E-state index in [1.807, 2.05) is 0 Å². The van der Waals surface area contributed by atoms with Crippen LogP contribution in [0.3, 0.4) is 0 Å². The summed E-state index contributed by atoms with van der Waals surface area (Å²) in [6.07, 6.45) is 4.37. The third-order valence-corrected chi connectivity index (χ3v) is 3.40. The van der Waals surface area contributed by atoms with Crippen molar-refractivity contribution in [2.24, 2.45) is 5.92 Å². The van der Waals surface area contributed by atoms with Crippen LogP contribution in [0.1, 0.15) is 36.7 Å². The normalized spacial score (nSPS) is 12.2. The quantitative estimate of drug-likeness (QED) is 0.812. The Balaban J connectivity index is 2.52. The lowest BCUT2D eigenvalue weighted by Crippen LogP contribution is -2.30. The first-order valence-corrected chi connectivity index (χ1v) is 6.97. The van der Waals surface area contributed by atoms with Gasteiger partial charge in [-0.05, 0) is 46.8 Å². The number of carbonyl (C=O) groups is 1. The second kappa shape index (κ2) is 8.21. The molecule has 0 aromatic carbocycles. The van der Waals surface area contributed by atoms with Crippen LogP contribution < -0.4 is 5.32 Å². The number of carbonyl (C=O) groups excluding carboxylic acids is 1. The van der Waals surface area contributed by atoms with E-state index in [1.54, 1.807) is 18.3 Å². The van der Waals surface area contributed by atoms with Crippen LogP contribution in [0, 0.1) is 5.92 Å². The highest BCUT2D eigenvalue weighted by Gasteiger charge is 2.13. The van der Waals surface area contributed by atoms with Crippen LogP contribution in [0.4, 0.5) is 0 Å². The molecule has 0 aliphatic heterocycles. The predicted octanol–water partition coefficient (Wildman–Crippen LogP) is 2.37. The molecule has 2 N–H and O–H groups in total. The number of aliphatic hydroxyl groups excluding tert-OH is 1. The molecule has 0 aliphatic rings. The van der Waals surface area contributed by atoms with Gasteiger partial charge in [-0.15, -0.1) is 0 Å². The summed E-state index contributed by atoms with van der Waals surface area (Å²) in [5.74, 6) is 0.146. The van der Waals surface area contributed by atoms with E-state index >= 15 is 0 Å². The van der Waals surface area contributed by atoms with Crippen LogP contribution in [-0.2, 0) is 0 Å². The zero-order valence-electron chi connectivity index (χ0n) is 10.5. The van der Waals surface area contributed by atoms with Crippen LogP contribution in [0.25, 0.3) is 0 Å². The van der Waals surface area contributed by atoms with Crippen molar-refractivity contribution in [2.45, 2.75) is 26.2 Å². The third-order valence-electron chi connectivity index (χ3n) is 2.76. The van der Waals surface area contributed by atoms with Crippen LogP contribution >= 0.6 is 15.9 Å². The molecule has 0 aliphatic carbocycles. The maximum absolute atomic E-state index is 11.9. The molecule has 0 spiro atoms. The Hall–Kier alpha value is -0.940. The number of pyridine rings is 1. The molecule has 1 rings (SSSR count). The number of hydrogen-bond acceptors (Lipinski definition) is 3. The fraction of sp³-hybridized carbons (Fsp3) is 0.538. The van der Waals surface area contributed by atoms with Crippen molar-refractivity contribution in [2.75, 3.05) is 13.2 Å². The molecular weight excluding hydrogens is 296 g/mol. The maximum atomic E-state index is 11.9. The smallest absolute Gasteiger partial charge is 0.271 e. The first-order valence-electron chi connectivity index (χ1n) is 6.18. The molecule has 5 heteroatoms. The largest absolute Gasteiger partial charge is 0.396 e. The van der Waals surface area contributed by atoms with Crippen molar-refractivity contribution in [3.63, 3.8) is 0 Å². The number of nitrogens with zero attached hydrogens (tertiary/aromatic N) is 1. The standard InChI is InChI=1S/C13H19BrN2O2/c1-2-4-10(6-8-17)9-16-13(18)12-11(14)5-3-7-15-12/h3,5,7,10,17H,2,4,6,8-9H2,1H3,(H,16,18). The fourth-order valence-corrected chi connectivity index (χ4v) is 2.25. The van der Waals surface area contributed by atoms with Crippen molar-refractivity contribution in [1.29, 1.82) is 0 Å². The molecule has 0 saturated carbocycles. The lowest BCUT2D eigenvalue weighted by Gasteiger charge is -2.15. The zero-order chi connectivity index (χ0) is 13.4. The second-order valence-electron chi connectivity index (χ2n) is 4.21. The summed E-state index contributed by atoms with van der Waals surface area (Å²) in [6.45, 7) is 2.84. The summed E-state index contributed by atoms with van der Waals surface area (Å²) in [5, 5.41) is 11.8. The monoisotopic (exact) mass is 314 g/mol. The zero-order valence-corrected chi connectivity index (χ0v) is 12.1. The Morgan fingerprint density at radius 3 is 2.94 bits per heavy atom. The van der Waals surface area contributed by atoms with Crippen LogP contribution in [0.15, 0.2) is 22.8 Å². The average Bonchev–Trinajstić information content (AvgIpc) is 2.36. The van der Waals surface area contributed by atoms with E-state index in [0.717, 1.165) is 19.3 Å². The lowest BCUT2D eigenvalue weighted by molar-refractivity contribution is 0.0937. The van der Waals surface area contributed by atoms with Gasteiger partial charge in [-0.25, -0.2) is 4.98 Å². The van der Waals surface area contributed by atoms with Gasteiger partial charge in [-0.3, -0.25) is 4.79 Å². The van der Waals surface area contributed by atoms with E-state index in [1.165, 1.54) is 0 Å². The van der Waals surface area contributed by atoms with E-state index < -0.39 is 0 Å². The topological polar surface area (TPSA) is 62.2 Å². The van der Waals surface area contributed by atoms with Gasteiger partial charge >= 0.3 is 0 Å². The van der Waals surface area contributed by atoms with Crippen LogP contribution in [0.5, 0.6) is 0 Å². The highest BCUT2D eigenvalue weighted by atomic mass is 79.9. The lowest BCUT2D eigenvalue weighted by atomic mass is 10.0. The van der Waals surface area contributed by atoms with E-state index in [-0.39, 0.29) is 12.5 Å². The SMILES string of the molecule is CCCC(CCO)CNC(=O)c1ncccc1Br. The number of amides is 1. The minimum atomic E-state index is -0.179. The number of hydrogen-bond donors (Lipinski definition) is 2. The van der Waals surface area contributed by atoms with Crippen LogP contribution in [0.2, 0.25) is 0 Å². The Morgan fingerprint density at radius 1 is 1.56 bits per heavy atom. The summed E-state index contributed by atoms with van der Waals surface area (Å²) in [4.78, 5) is 16.0. The molecule has 0 bridgehead atoms. The highest BCUT2D eigenvalue weighted by molar-refractivity contribution is 9.10. The molecule has 1 unspecified atom stereocenters. The van der Waals surface area contributed by atoms with Gasteiger partial charge in [-0.2, -0.15) is 0 Å². The van der Waals surface area contributed by atoms with Crippen molar-refractivity contribution in [3.05, 3.63) is 28.5 Å². The van der Waals surface area contributed by atoms with Gasteiger partial charge in [0.05, 0.1) is 0 Å². The summed E-state index contributed by atoms with van der Waals surface area (Å²) in [5.41, 5.74) is 0.400. The first-order chi connectivity index (χ1) is 8.69. The minimum Gasteiger partial charge on any atom is -0.396 e. The molecule has 0 saturated heterocycles. The van der Waals surface area contributed by atoms with Gasteiger partial charge in [0.1, 0.15) is 5.69 Å². The summed E-state index contributed by atoms with van der Waals surface area (Å²) < 4.78 is 0.691. The number of rotatable bonds is 7. The predicted molar refractivity (Wildman–Crippen MR) is 74.4 cm³/mol.